The monoisotopic (exact) mass is 439 g/mol. The molecule has 0 spiro atoms. The van der Waals surface area contributed by atoms with Gasteiger partial charge in [0.2, 0.25) is 5.75 Å². The van der Waals surface area contributed by atoms with Crippen LogP contribution in [0.1, 0.15) is 10.4 Å². The Morgan fingerprint density at radius 3 is 2.44 bits per heavy atom. The van der Waals surface area contributed by atoms with E-state index in [1.807, 2.05) is 0 Å². The highest BCUT2D eigenvalue weighted by molar-refractivity contribution is 6.07. The Morgan fingerprint density at radius 2 is 1.72 bits per heavy atom. The second-order valence-corrected chi connectivity index (χ2v) is 6.78. The second kappa shape index (κ2) is 8.54. The number of H-pyrrole nitrogens is 1. The fraction of sp³-hybridized carbons (Fsp3) is 0.130. The van der Waals surface area contributed by atoms with Crippen LogP contribution in [0.4, 0.5) is 14.5 Å². The lowest BCUT2D eigenvalue weighted by Gasteiger charge is -2.15. The van der Waals surface area contributed by atoms with Crippen molar-refractivity contribution >= 4 is 22.6 Å². The van der Waals surface area contributed by atoms with Gasteiger partial charge >= 0.3 is 0 Å². The van der Waals surface area contributed by atoms with Gasteiger partial charge in [-0.2, -0.15) is 0 Å². The fourth-order valence-corrected chi connectivity index (χ4v) is 3.37. The van der Waals surface area contributed by atoms with E-state index >= 15 is 0 Å². The van der Waals surface area contributed by atoms with E-state index in [1.54, 1.807) is 30.3 Å². The number of amides is 1. The molecule has 4 rings (SSSR count). The maximum atomic E-state index is 14.1. The van der Waals surface area contributed by atoms with Gasteiger partial charge in [0.15, 0.2) is 11.5 Å². The minimum Gasteiger partial charge on any atom is -0.493 e. The fourth-order valence-electron chi connectivity index (χ4n) is 3.37. The number of aromatic nitrogens is 2. The third kappa shape index (κ3) is 3.80. The minimum absolute atomic E-state index is 0.0156. The van der Waals surface area contributed by atoms with Gasteiger partial charge in [-0.1, -0.05) is 0 Å². The number of imidazole rings is 1. The number of ether oxygens (including phenoxy) is 3. The molecule has 0 atom stereocenters. The molecule has 2 N–H and O–H groups in total. The van der Waals surface area contributed by atoms with Gasteiger partial charge in [0.05, 0.1) is 43.5 Å². The van der Waals surface area contributed by atoms with Gasteiger partial charge < -0.3 is 24.5 Å². The van der Waals surface area contributed by atoms with E-state index in [4.69, 9.17) is 14.2 Å². The summed E-state index contributed by atoms with van der Waals surface area (Å²) in [5, 5.41) is 2.79. The van der Waals surface area contributed by atoms with E-state index < -0.39 is 17.5 Å². The average molecular weight is 439 g/mol. The lowest BCUT2D eigenvalue weighted by atomic mass is 10.1. The summed E-state index contributed by atoms with van der Waals surface area (Å²) in [6.45, 7) is 0. The number of hydrogen-bond donors (Lipinski definition) is 2. The first kappa shape index (κ1) is 21.1. The molecular formula is C23H19F2N3O4. The molecule has 0 bridgehead atoms. The van der Waals surface area contributed by atoms with Crippen LogP contribution < -0.4 is 19.5 Å². The zero-order valence-corrected chi connectivity index (χ0v) is 17.5. The van der Waals surface area contributed by atoms with E-state index in [1.165, 1.54) is 21.3 Å². The van der Waals surface area contributed by atoms with Crippen LogP contribution in [0.15, 0.2) is 48.5 Å². The molecule has 3 aromatic carbocycles. The number of methoxy groups -OCH3 is 3. The Morgan fingerprint density at radius 1 is 0.938 bits per heavy atom. The summed E-state index contributed by atoms with van der Waals surface area (Å²) in [4.78, 5) is 20.2. The van der Waals surface area contributed by atoms with Gasteiger partial charge in [0.25, 0.3) is 5.91 Å². The lowest BCUT2D eigenvalue weighted by molar-refractivity contribution is 0.102. The molecule has 1 amide bonds. The van der Waals surface area contributed by atoms with Crippen molar-refractivity contribution < 1.29 is 27.8 Å². The molecule has 0 radical (unpaired) electrons. The van der Waals surface area contributed by atoms with E-state index in [9.17, 15) is 13.6 Å². The summed E-state index contributed by atoms with van der Waals surface area (Å²) >= 11 is 0. The zero-order valence-electron chi connectivity index (χ0n) is 17.5. The molecule has 0 aliphatic rings. The van der Waals surface area contributed by atoms with Crippen molar-refractivity contribution in [2.45, 2.75) is 0 Å². The molecule has 0 fully saturated rings. The Bertz CT molecular complexity index is 1320. The highest BCUT2D eigenvalue weighted by Crippen LogP contribution is 2.40. The van der Waals surface area contributed by atoms with Crippen LogP contribution in [-0.2, 0) is 0 Å². The van der Waals surface area contributed by atoms with Crippen molar-refractivity contribution in [1.29, 1.82) is 0 Å². The molecule has 0 aliphatic heterocycles. The Labute approximate surface area is 181 Å². The Kier molecular flexibility index (Phi) is 5.63. The van der Waals surface area contributed by atoms with Crippen molar-refractivity contribution in [2.75, 3.05) is 26.6 Å². The number of carbonyl (C=O) groups excluding carboxylic acids is 1. The predicted molar refractivity (Wildman–Crippen MR) is 115 cm³/mol. The number of benzene rings is 3. The summed E-state index contributed by atoms with van der Waals surface area (Å²) in [6.07, 6.45) is 0. The van der Waals surface area contributed by atoms with Crippen molar-refractivity contribution in [3.05, 3.63) is 65.7 Å². The molecule has 0 saturated carbocycles. The highest BCUT2D eigenvalue weighted by Gasteiger charge is 2.21. The van der Waals surface area contributed by atoms with E-state index in [-0.39, 0.29) is 22.7 Å². The first-order valence-corrected chi connectivity index (χ1v) is 9.50. The van der Waals surface area contributed by atoms with Crippen LogP contribution in [0.3, 0.4) is 0 Å². The summed E-state index contributed by atoms with van der Waals surface area (Å²) in [5.74, 6) is -0.459. The van der Waals surface area contributed by atoms with Gasteiger partial charge in [-0.3, -0.25) is 4.79 Å². The maximum absolute atomic E-state index is 14.1. The van der Waals surface area contributed by atoms with Gasteiger partial charge in [0, 0.05) is 5.69 Å². The van der Waals surface area contributed by atoms with Crippen molar-refractivity contribution in [3.63, 3.8) is 0 Å². The molecule has 7 nitrogen and oxygen atoms in total. The standard InChI is InChI=1S/C23H19F2N3O4/c1-30-19-9-6-14(20(31-2)21(19)32-3)23(29)26-13-5-8-17-18(11-13)28-22(27-17)15-10-12(24)4-7-16(15)25/h4-11H,1-3H3,(H,26,29)(H,27,28). The van der Waals surface area contributed by atoms with Gasteiger partial charge in [-0.05, 0) is 48.5 Å². The van der Waals surface area contributed by atoms with Gasteiger partial charge in [0.1, 0.15) is 17.5 Å². The van der Waals surface area contributed by atoms with Crippen molar-refractivity contribution in [3.8, 4) is 28.6 Å². The van der Waals surface area contributed by atoms with Crippen molar-refractivity contribution in [1.82, 2.24) is 9.97 Å². The van der Waals surface area contributed by atoms with Gasteiger partial charge in [-0.25, -0.2) is 13.8 Å². The third-order valence-electron chi connectivity index (χ3n) is 4.87. The van der Waals surface area contributed by atoms with Crippen LogP contribution in [0.5, 0.6) is 17.2 Å². The smallest absolute Gasteiger partial charge is 0.259 e. The molecule has 0 saturated heterocycles. The Balaban J connectivity index is 1.65. The molecule has 4 aromatic rings. The first-order chi connectivity index (χ1) is 15.4. The Hall–Kier alpha value is -4.14. The summed E-state index contributed by atoms with van der Waals surface area (Å²) in [6, 6.07) is 11.3. The van der Waals surface area contributed by atoms with E-state index in [0.717, 1.165) is 18.2 Å². The molecule has 1 heterocycles. The summed E-state index contributed by atoms with van der Waals surface area (Å²) in [5.41, 5.74) is 1.81. The number of aromatic amines is 1. The van der Waals surface area contributed by atoms with Crippen LogP contribution in [0.25, 0.3) is 22.4 Å². The molecule has 0 unspecified atom stereocenters. The van der Waals surface area contributed by atoms with E-state index in [2.05, 4.69) is 15.3 Å². The lowest BCUT2D eigenvalue weighted by Crippen LogP contribution is -2.14. The summed E-state index contributed by atoms with van der Waals surface area (Å²) in [7, 11) is 4.37. The van der Waals surface area contributed by atoms with Crippen LogP contribution in [-0.4, -0.2) is 37.2 Å². The molecular weight excluding hydrogens is 420 g/mol. The SMILES string of the molecule is COc1ccc(C(=O)Nc2ccc3nc(-c4cc(F)ccc4F)[nH]c3c2)c(OC)c1OC. The number of rotatable bonds is 6. The molecule has 164 valence electrons. The summed E-state index contributed by atoms with van der Waals surface area (Å²) < 4.78 is 43.6. The zero-order chi connectivity index (χ0) is 22.8. The number of anilines is 1. The first-order valence-electron chi connectivity index (χ1n) is 9.50. The number of fused-ring (bicyclic) bond motifs is 1. The number of hydrogen-bond acceptors (Lipinski definition) is 5. The molecule has 0 aliphatic carbocycles. The molecule has 32 heavy (non-hydrogen) atoms. The number of halogens is 2. The number of carbonyl (C=O) groups is 1. The van der Waals surface area contributed by atoms with Crippen LogP contribution in [0, 0.1) is 11.6 Å². The van der Waals surface area contributed by atoms with E-state index in [0.29, 0.717) is 28.2 Å². The normalized spacial score (nSPS) is 10.8. The number of nitrogens with one attached hydrogen (secondary N) is 2. The maximum Gasteiger partial charge on any atom is 0.259 e. The van der Waals surface area contributed by atoms with Gasteiger partial charge in [-0.15, -0.1) is 0 Å². The quantitative estimate of drug-likeness (QED) is 0.451. The highest BCUT2D eigenvalue weighted by atomic mass is 19.1. The molecule has 9 heteroatoms. The van der Waals surface area contributed by atoms with Crippen LogP contribution in [0.2, 0.25) is 0 Å². The van der Waals surface area contributed by atoms with Crippen molar-refractivity contribution in [2.24, 2.45) is 0 Å². The predicted octanol–water partition coefficient (Wildman–Crippen LogP) is 4.79. The average Bonchev–Trinajstić information content (AvgIpc) is 3.22. The second-order valence-electron chi connectivity index (χ2n) is 6.78. The largest absolute Gasteiger partial charge is 0.493 e. The third-order valence-corrected chi connectivity index (χ3v) is 4.87. The number of nitrogens with zero attached hydrogens (tertiary/aromatic N) is 1. The molecule has 1 aromatic heterocycles. The van der Waals surface area contributed by atoms with Crippen LogP contribution >= 0.6 is 0 Å². The topological polar surface area (TPSA) is 85.5 Å². The minimum atomic E-state index is -0.598.